The van der Waals surface area contributed by atoms with Crippen LogP contribution in [0.4, 0.5) is 8.78 Å². The Morgan fingerprint density at radius 1 is 1.04 bits per heavy atom. The van der Waals surface area contributed by atoms with Crippen molar-refractivity contribution in [1.82, 2.24) is 19.3 Å². The number of halogens is 2. The zero-order valence-electron chi connectivity index (χ0n) is 13.4. The van der Waals surface area contributed by atoms with Gasteiger partial charge in [-0.1, -0.05) is 0 Å². The fraction of sp³-hybridized carbons (Fsp3) is 0.167. The molecule has 0 aliphatic carbocycles. The number of aromatic nitrogens is 3. The van der Waals surface area contributed by atoms with E-state index in [-0.39, 0.29) is 23.8 Å². The second-order valence-electron chi connectivity index (χ2n) is 5.80. The number of pyridine rings is 2. The summed E-state index contributed by atoms with van der Waals surface area (Å²) in [6, 6.07) is 5.87. The van der Waals surface area contributed by atoms with Crippen molar-refractivity contribution in [3.8, 4) is 0 Å². The number of rotatable bonds is 3. The third-order valence-corrected chi connectivity index (χ3v) is 4.24. The Kier molecular flexibility index (Phi) is 3.76. The van der Waals surface area contributed by atoms with Gasteiger partial charge in [-0.05, 0) is 37.3 Å². The van der Waals surface area contributed by atoms with Gasteiger partial charge >= 0.3 is 0 Å². The molecular formula is C18H15F2N5. The fourth-order valence-electron chi connectivity index (χ4n) is 2.95. The molecule has 126 valence electrons. The van der Waals surface area contributed by atoms with Crippen molar-refractivity contribution >= 4 is 11.9 Å². The Hall–Kier alpha value is -3.09. The summed E-state index contributed by atoms with van der Waals surface area (Å²) in [7, 11) is 0. The average molecular weight is 339 g/mol. The van der Waals surface area contributed by atoms with Crippen LogP contribution < -0.4 is 0 Å². The molecule has 4 rings (SSSR count). The van der Waals surface area contributed by atoms with Gasteiger partial charge in [0.15, 0.2) is 6.17 Å². The van der Waals surface area contributed by atoms with Crippen LogP contribution in [0.5, 0.6) is 0 Å². The Morgan fingerprint density at radius 2 is 1.88 bits per heavy atom. The first-order chi connectivity index (χ1) is 12.1. The molecule has 0 radical (unpaired) electrons. The molecule has 5 nitrogen and oxygen atoms in total. The molecule has 25 heavy (non-hydrogen) atoms. The smallest absolute Gasteiger partial charge is 0.164 e. The van der Waals surface area contributed by atoms with E-state index in [1.54, 1.807) is 28.9 Å². The van der Waals surface area contributed by atoms with Gasteiger partial charge in [-0.2, -0.15) is 0 Å². The van der Waals surface area contributed by atoms with E-state index in [9.17, 15) is 8.78 Å². The van der Waals surface area contributed by atoms with E-state index in [2.05, 4.69) is 15.0 Å². The van der Waals surface area contributed by atoms with Crippen LogP contribution in [-0.4, -0.2) is 25.5 Å². The van der Waals surface area contributed by atoms with Crippen LogP contribution >= 0.6 is 0 Å². The Labute approximate surface area is 143 Å². The van der Waals surface area contributed by atoms with Gasteiger partial charge in [0.1, 0.15) is 17.3 Å². The second kappa shape index (κ2) is 6.08. The molecule has 1 unspecified atom stereocenters. The molecule has 1 aliphatic heterocycles. The van der Waals surface area contributed by atoms with Crippen LogP contribution in [0, 0.1) is 11.6 Å². The molecule has 0 fully saturated rings. The normalized spacial score (nSPS) is 18.0. The summed E-state index contributed by atoms with van der Waals surface area (Å²) in [5, 5.41) is 0. The van der Waals surface area contributed by atoms with E-state index in [0.717, 1.165) is 5.69 Å². The van der Waals surface area contributed by atoms with Gasteiger partial charge in [0, 0.05) is 18.6 Å². The predicted molar refractivity (Wildman–Crippen MR) is 90.0 cm³/mol. The first-order valence-electron chi connectivity index (χ1n) is 7.85. The molecule has 3 aromatic rings. The van der Waals surface area contributed by atoms with Gasteiger partial charge in [-0.3, -0.25) is 14.4 Å². The molecule has 0 bridgehead atoms. The first kappa shape index (κ1) is 15.4. The van der Waals surface area contributed by atoms with Crippen molar-refractivity contribution in [2.24, 2.45) is 4.99 Å². The molecule has 0 N–H and O–H groups in total. The number of allylic oxidation sites excluding steroid dienone is 1. The van der Waals surface area contributed by atoms with Crippen LogP contribution in [0.3, 0.4) is 0 Å². The van der Waals surface area contributed by atoms with E-state index in [4.69, 9.17) is 0 Å². The molecule has 3 aromatic heterocycles. The number of hydrogen-bond donors (Lipinski definition) is 0. The highest BCUT2D eigenvalue weighted by atomic mass is 19.1. The van der Waals surface area contributed by atoms with E-state index < -0.39 is 0 Å². The van der Waals surface area contributed by atoms with E-state index in [0.29, 0.717) is 11.3 Å². The topological polar surface area (TPSA) is 45.8 Å². The van der Waals surface area contributed by atoms with Gasteiger partial charge in [0.25, 0.3) is 0 Å². The summed E-state index contributed by atoms with van der Waals surface area (Å²) in [5.41, 5.74) is 2.10. The Morgan fingerprint density at radius 3 is 2.68 bits per heavy atom. The zero-order chi connectivity index (χ0) is 17.4. The molecule has 4 heterocycles. The Balaban J connectivity index is 1.74. The second-order valence-corrected chi connectivity index (χ2v) is 5.80. The largest absolute Gasteiger partial charge is 0.343 e. The maximum Gasteiger partial charge on any atom is 0.164 e. The standard InChI is InChI=1S/C18H15F2N5/c1-12(15-5-3-13(19)9-22-15)24-8-2-7-21-18(24)16-10-23-17-6-4-14(20)11-25(16)17/h2-12,18H,1H3/t12?,18-/m1/s1. The quantitative estimate of drug-likeness (QED) is 0.731. The van der Waals surface area contributed by atoms with Gasteiger partial charge < -0.3 is 4.90 Å². The van der Waals surface area contributed by atoms with Crippen LogP contribution in [0.2, 0.25) is 0 Å². The molecule has 0 saturated carbocycles. The molecule has 7 heteroatoms. The zero-order valence-corrected chi connectivity index (χ0v) is 13.4. The van der Waals surface area contributed by atoms with Crippen molar-refractivity contribution in [2.45, 2.75) is 19.1 Å². The molecule has 0 saturated heterocycles. The number of fused-ring (bicyclic) bond motifs is 1. The highest BCUT2D eigenvalue weighted by molar-refractivity contribution is 5.72. The summed E-state index contributed by atoms with van der Waals surface area (Å²) in [6.45, 7) is 1.96. The minimum atomic E-state index is -0.386. The van der Waals surface area contributed by atoms with E-state index in [1.165, 1.54) is 24.5 Å². The number of nitrogens with zero attached hydrogens (tertiary/aromatic N) is 5. The third-order valence-electron chi connectivity index (χ3n) is 4.24. The monoisotopic (exact) mass is 339 g/mol. The number of aliphatic imine (C=N–C) groups is 1. The minimum Gasteiger partial charge on any atom is -0.343 e. The lowest BCUT2D eigenvalue weighted by Crippen LogP contribution is -2.28. The molecule has 0 amide bonds. The SMILES string of the molecule is CC(c1ccc(F)cn1)N1C=CC=N[C@H]1c1cnc2ccc(F)cn12. The highest BCUT2D eigenvalue weighted by Gasteiger charge is 2.27. The van der Waals surface area contributed by atoms with Crippen LogP contribution in [0.1, 0.15) is 30.5 Å². The highest BCUT2D eigenvalue weighted by Crippen LogP contribution is 2.33. The molecule has 0 spiro atoms. The molecule has 2 atom stereocenters. The van der Waals surface area contributed by atoms with Crippen LogP contribution in [0.15, 0.2) is 60.1 Å². The van der Waals surface area contributed by atoms with Crippen molar-refractivity contribution in [2.75, 3.05) is 0 Å². The van der Waals surface area contributed by atoms with Crippen LogP contribution in [-0.2, 0) is 0 Å². The lowest BCUT2D eigenvalue weighted by atomic mass is 10.1. The van der Waals surface area contributed by atoms with Gasteiger partial charge in [-0.15, -0.1) is 0 Å². The fourth-order valence-corrected chi connectivity index (χ4v) is 2.95. The number of imidazole rings is 1. The Bertz CT molecular complexity index is 961. The summed E-state index contributed by atoms with van der Waals surface area (Å²) in [6.07, 6.45) is 9.31. The third kappa shape index (κ3) is 2.77. The summed E-state index contributed by atoms with van der Waals surface area (Å²) < 4.78 is 28.5. The van der Waals surface area contributed by atoms with Gasteiger partial charge in [0.2, 0.25) is 0 Å². The van der Waals surface area contributed by atoms with Crippen molar-refractivity contribution in [3.63, 3.8) is 0 Å². The first-order valence-corrected chi connectivity index (χ1v) is 7.85. The summed E-state index contributed by atoms with van der Waals surface area (Å²) in [4.78, 5) is 15.0. The van der Waals surface area contributed by atoms with Gasteiger partial charge in [-0.25, -0.2) is 13.8 Å². The minimum absolute atomic E-state index is 0.154. The number of hydrogen-bond acceptors (Lipinski definition) is 4. The molecule has 0 aromatic carbocycles. The lowest BCUT2D eigenvalue weighted by molar-refractivity contribution is 0.214. The predicted octanol–water partition coefficient (Wildman–Crippen LogP) is 3.67. The molecule has 1 aliphatic rings. The summed E-state index contributed by atoms with van der Waals surface area (Å²) in [5.74, 6) is -0.723. The van der Waals surface area contributed by atoms with Crippen molar-refractivity contribution in [3.05, 3.63) is 78.2 Å². The summed E-state index contributed by atoms with van der Waals surface area (Å²) >= 11 is 0. The van der Waals surface area contributed by atoms with Crippen molar-refractivity contribution < 1.29 is 8.78 Å². The lowest BCUT2D eigenvalue weighted by Gasteiger charge is -2.34. The van der Waals surface area contributed by atoms with Gasteiger partial charge in [0.05, 0.1) is 29.8 Å². The average Bonchev–Trinajstić information content (AvgIpc) is 3.04. The molecular weight excluding hydrogens is 324 g/mol. The van der Waals surface area contributed by atoms with E-state index in [1.807, 2.05) is 24.1 Å². The van der Waals surface area contributed by atoms with Crippen molar-refractivity contribution in [1.29, 1.82) is 0 Å². The van der Waals surface area contributed by atoms with E-state index >= 15 is 0 Å². The maximum absolute atomic E-state index is 13.7. The van der Waals surface area contributed by atoms with Crippen LogP contribution in [0.25, 0.3) is 5.65 Å². The maximum atomic E-state index is 13.7.